The highest BCUT2D eigenvalue weighted by atomic mass is 16.3. The van der Waals surface area contributed by atoms with Crippen molar-refractivity contribution in [3.63, 3.8) is 0 Å². The SMILES string of the molecule is CCCNC(=O)Cn1nnc(CO)c1-c1ccccc1C. The molecule has 2 N–H and O–H groups in total. The van der Waals surface area contributed by atoms with Crippen LogP contribution in [0.15, 0.2) is 24.3 Å². The zero-order chi connectivity index (χ0) is 15.2. The minimum absolute atomic E-state index is 0.0939. The van der Waals surface area contributed by atoms with Crippen LogP contribution in [0.4, 0.5) is 0 Å². The largest absolute Gasteiger partial charge is 0.390 e. The van der Waals surface area contributed by atoms with Gasteiger partial charge in [0.2, 0.25) is 5.91 Å². The number of nitrogens with zero attached hydrogens (tertiary/aromatic N) is 3. The average Bonchev–Trinajstić information content (AvgIpc) is 2.88. The number of benzene rings is 1. The van der Waals surface area contributed by atoms with Gasteiger partial charge in [0.1, 0.15) is 12.2 Å². The van der Waals surface area contributed by atoms with Gasteiger partial charge >= 0.3 is 0 Å². The Hall–Kier alpha value is -2.21. The van der Waals surface area contributed by atoms with E-state index in [4.69, 9.17) is 0 Å². The molecule has 1 amide bonds. The molecule has 0 atom stereocenters. The molecule has 0 saturated heterocycles. The molecule has 0 aliphatic rings. The fourth-order valence-corrected chi connectivity index (χ4v) is 2.16. The van der Waals surface area contributed by atoms with Crippen molar-refractivity contribution in [2.24, 2.45) is 0 Å². The molecule has 0 aliphatic carbocycles. The summed E-state index contributed by atoms with van der Waals surface area (Å²) in [5.41, 5.74) is 3.15. The fourth-order valence-electron chi connectivity index (χ4n) is 2.16. The van der Waals surface area contributed by atoms with Crippen molar-refractivity contribution >= 4 is 5.91 Å². The van der Waals surface area contributed by atoms with Gasteiger partial charge in [-0.15, -0.1) is 5.10 Å². The van der Waals surface area contributed by atoms with Gasteiger partial charge in [0, 0.05) is 12.1 Å². The molecule has 0 unspecified atom stereocenters. The van der Waals surface area contributed by atoms with E-state index in [1.54, 1.807) is 4.68 Å². The average molecular weight is 288 g/mol. The third kappa shape index (κ3) is 3.46. The molecule has 2 aromatic rings. The highest BCUT2D eigenvalue weighted by Crippen LogP contribution is 2.25. The Bertz CT molecular complexity index is 622. The molecule has 6 heteroatoms. The fraction of sp³-hybridized carbons (Fsp3) is 0.400. The Kier molecular flexibility index (Phi) is 5.05. The summed E-state index contributed by atoms with van der Waals surface area (Å²) in [5, 5.41) is 20.2. The first-order valence-corrected chi connectivity index (χ1v) is 7.03. The van der Waals surface area contributed by atoms with Crippen molar-refractivity contribution in [3.8, 4) is 11.3 Å². The lowest BCUT2D eigenvalue weighted by Crippen LogP contribution is -2.28. The highest BCUT2D eigenvalue weighted by molar-refractivity contribution is 5.77. The third-order valence-corrected chi connectivity index (χ3v) is 3.22. The Morgan fingerprint density at radius 2 is 2.14 bits per heavy atom. The summed E-state index contributed by atoms with van der Waals surface area (Å²) < 4.78 is 1.54. The van der Waals surface area contributed by atoms with Gasteiger partial charge in [0.25, 0.3) is 0 Å². The van der Waals surface area contributed by atoms with Crippen LogP contribution in [0.3, 0.4) is 0 Å². The number of aryl methyl sites for hydroxylation is 1. The third-order valence-electron chi connectivity index (χ3n) is 3.22. The summed E-state index contributed by atoms with van der Waals surface area (Å²) >= 11 is 0. The molecule has 0 bridgehead atoms. The monoisotopic (exact) mass is 288 g/mol. The molecule has 6 nitrogen and oxygen atoms in total. The van der Waals surface area contributed by atoms with Crippen LogP contribution in [0.5, 0.6) is 0 Å². The Labute approximate surface area is 123 Å². The molecular weight excluding hydrogens is 268 g/mol. The van der Waals surface area contributed by atoms with Crippen molar-refractivity contribution in [1.29, 1.82) is 0 Å². The summed E-state index contributed by atoms with van der Waals surface area (Å²) in [6, 6.07) is 7.77. The number of hydrogen-bond donors (Lipinski definition) is 2. The smallest absolute Gasteiger partial charge is 0.241 e. The normalized spacial score (nSPS) is 10.6. The predicted octanol–water partition coefficient (Wildman–Crippen LogP) is 1.27. The minimum atomic E-state index is -0.208. The van der Waals surface area contributed by atoms with Crippen molar-refractivity contribution in [2.75, 3.05) is 6.54 Å². The first-order valence-electron chi connectivity index (χ1n) is 7.03. The zero-order valence-electron chi connectivity index (χ0n) is 12.3. The molecule has 0 fully saturated rings. The van der Waals surface area contributed by atoms with Crippen LogP contribution in [0.2, 0.25) is 0 Å². The summed E-state index contributed by atoms with van der Waals surface area (Å²) in [7, 11) is 0. The second-order valence-electron chi connectivity index (χ2n) is 4.87. The second kappa shape index (κ2) is 6.99. The van der Waals surface area contributed by atoms with Crippen LogP contribution in [0, 0.1) is 6.92 Å². The maximum absolute atomic E-state index is 11.9. The van der Waals surface area contributed by atoms with E-state index in [9.17, 15) is 9.90 Å². The molecule has 0 spiro atoms. The Balaban J connectivity index is 2.34. The quantitative estimate of drug-likeness (QED) is 0.839. The lowest BCUT2D eigenvalue weighted by atomic mass is 10.0. The van der Waals surface area contributed by atoms with E-state index in [-0.39, 0.29) is 19.1 Å². The summed E-state index contributed by atoms with van der Waals surface area (Å²) in [6.45, 7) is 4.50. The molecule has 1 aromatic carbocycles. The second-order valence-corrected chi connectivity index (χ2v) is 4.87. The van der Waals surface area contributed by atoms with Crippen LogP contribution in [-0.2, 0) is 17.9 Å². The number of carbonyl (C=O) groups is 1. The van der Waals surface area contributed by atoms with Gasteiger partial charge in [-0.05, 0) is 18.9 Å². The minimum Gasteiger partial charge on any atom is -0.390 e. The summed E-state index contributed by atoms with van der Waals surface area (Å²) in [4.78, 5) is 11.9. The predicted molar refractivity (Wildman–Crippen MR) is 79.4 cm³/mol. The molecule has 112 valence electrons. The molecule has 1 aromatic heterocycles. The van der Waals surface area contributed by atoms with E-state index in [2.05, 4.69) is 15.6 Å². The van der Waals surface area contributed by atoms with Crippen molar-refractivity contribution in [1.82, 2.24) is 20.3 Å². The lowest BCUT2D eigenvalue weighted by Gasteiger charge is -2.10. The van der Waals surface area contributed by atoms with E-state index in [1.807, 2.05) is 38.1 Å². The van der Waals surface area contributed by atoms with Gasteiger partial charge in [-0.3, -0.25) is 4.79 Å². The van der Waals surface area contributed by atoms with Crippen LogP contribution < -0.4 is 5.32 Å². The van der Waals surface area contributed by atoms with E-state index in [0.29, 0.717) is 17.9 Å². The van der Waals surface area contributed by atoms with Crippen LogP contribution >= 0.6 is 0 Å². The van der Waals surface area contributed by atoms with E-state index in [1.165, 1.54) is 0 Å². The summed E-state index contributed by atoms with van der Waals surface area (Å²) in [5.74, 6) is -0.110. The van der Waals surface area contributed by atoms with Gasteiger partial charge in [0.15, 0.2) is 0 Å². The van der Waals surface area contributed by atoms with E-state index in [0.717, 1.165) is 17.5 Å². The van der Waals surface area contributed by atoms with Crippen LogP contribution in [0.25, 0.3) is 11.3 Å². The summed E-state index contributed by atoms with van der Waals surface area (Å²) in [6.07, 6.45) is 0.885. The maximum Gasteiger partial charge on any atom is 0.241 e. The highest BCUT2D eigenvalue weighted by Gasteiger charge is 2.17. The number of rotatable bonds is 6. The van der Waals surface area contributed by atoms with Crippen molar-refractivity contribution < 1.29 is 9.90 Å². The van der Waals surface area contributed by atoms with Crippen molar-refractivity contribution in [3.05, 3.63) is 35.5 Å². The zero-order valence-corrected chi connectivity index (χ0v) is 12.3. The standard InChI is InChI=1S/C15H20N4O2/c1-3-8-16-14(21)9-19-15(13(10-20)17-18-19)12-7-5-4-6-11(12)2/h4-7,20H,3,8-10H2,1-2H3,(H,16,21). The molecular formula is C15H20N4O2. The van der Waals surface area contributed by atoms with Gasteiger partial charge in [-0.1, -0.05) is 36.4 Å². The Morgan fingerprint density at radius 1 is 1.38 bits per heavy atom. The molecule has 2 rings (SSSR count). The topological polar surface area (TPSA) is 80.0 Å². The van der Waals surface area contributed by atoms with Gasteiger partial charge in [0.05, 0.1) is 12.3 Å². The van der Waals surface area contributed by atoms with Crippen LogP contribution in [-0.4, -0.2) is 32.6 Å². The van der Waals surface area contributed by atoms with Crippen LogP contribution in [0.1, 0.15) is 24.6 Å². The number of nitrogens with one attached hydrogen (secondary N) is 1. The molecule has 0 aliphatic heterocycles. The number of aromatic nitrogens is 3. The van der Waals surface area contributed by atoms with E-state index >= 15 is 0 Å². The first kappa shape index (κ1) is 15.2. The molecule has 0 saturated carbocycles. The lowest BCUT2D eigenvalue weighted by molar-refractivity contribution is -0.121. The van der Waals surface area contributed by atoms with Gasteiger partial charge in [-0.25, -0.2) is 4.68 Å². The number of aliphatic hydroxyl groups is 1. The number of aliphatic hydroxyl groups excluding tert-OH is 1. The Morgan fingerprint density at radius 3 is 2.81 bits per heavy atom. The number of amides is 1. The maximum atomic E-state index is 11.9. The molecule has 0 radical (unpaired) electrons. The van der Waals surface area contributed by atoms with E-state index < -0.39 is 0 Å². The molecule has 1 heterocycles. The van der Waals surface area contributed by atoms with Crippen molar-refractivity contribution in [2.45, 2.75) is 33.4 Å². The first-order chi connectivity index (χ1) is 10.2. The van der Waals surface area contributed by atoms with Gasteiger partial charge in [-0.2, -0.15) is 0 Å². The number of carbonyl (C=O) groups excluding carboxylic acids is 1. The van der Waals surface area contributed by atoms with Gasteiger partial charge < -0.3 is 10.4 Å². The number of hydrogen-bond acceptors (Lipinski definition) is 4. The molecule has 21 heavy (non-hydrogen) atoms.